The van der Waals surface area contributed by atoms with Crippen molar-refractivity contribution in [3.05, 3.63) is 77.9 Å². The van der Waals surface area contributed by atoms with Crippen LogP contribution < -0.4 is 24.4 Å². The van der Waals surface area contributed by atoms with E-state index in [1.807, 2.05) is 30.3 Å². The molecule has 8 heteroatoms. The first-order valence-corrected chi connectivity index (χ1v) is 15.3. The number of amides is 2. The fraction of sp³-hybridized carbons (Fsp3) is 0.429. The van der Waals surface area contributed by atoms with Crippen molar-refractivity contribution in [1.29, 1.82) is 0 Å². The molecule has 0 saturated carbocycles. The number of carbonyl (C=O) groups excluding carboxylic acids is 2. The minimum Gasteiger partial charge on any atom is -0.493 e. The van der Waals surface area contributed by atoms with Gasteiger partial charge in [0.1, 0.15) is 18.1 Å². The van der Waals surface area contributed by atoms with Crippen molar-refractivity contribution in [3.63, 3.8) is 0 Å². The van der Waals surface area contributed by atoms with Crippen LogP contribution in [-0.4, -0.2) is 61.1 Å². The van der Waals surface area contributed by atoms with Gasteiger partial charge in [-0.25, -0.2) is 4.90 Å². The summed E-state index contributed by atoms with van der Waals surface area (Å²) in [6, 6.07) is 22.0. The van der Waals surface area contributed by atoms with E-state index in [1.165, 1.54) is 25.7 Å². The molecule has 0 radical (unpaired) electrons. The zero-order valence-electron chi connectivity index (χ0n) is 25.8. The van der Waals surface area contributed by atoms with Crippen molar-refractivity contribution in [2.24, 2.45) is 0 Å². The molecule has 2 fully saturated rings. The van der Waals surface area contributed by atoms with Crippen LogP contribution in [0.15, 0.2) is 66.7 Å². The Morgan fingerprint density at radius 1 is 0.744 bits per heavy atom. The molecule has 2 saturated heterocycles. The number of carbonyl (C=O) groups is 2. The Bertz CT molecular complexity index is 1410. The fourth-order valence-electron chi connectivity index (χ4n) is 6.16. The summed E-state index contributed by atoms with van der Waals surface area (Å²) >= 11 is 0. The van der Waals surface area contributed by atoms with Crippen molar-refractivity contribution in [2.45, 2.75) is 77.5 Å². The number of anilines is 1. The molecule has 0 aromatic heterocycles. The standard InChI is InChI=1S/C29H30N2O5.C6H13N/c1-19-9-10-20(2)30(19)15-16-35-26-14-11-21(17-27(26)34-3)31-28(32)24-13-12-23(18-25(24)29(31)33)36-22-7-5-4-6-8-22;1-5-3-4-6(2)7-5/h4-8,11-14,17-20H,9-10,15-16H2,1-3H3;5-7H,3-4H2,1-2H3. The summed E-state index contributed by atoms with van der Waals surface area (Å²) in [6.45, 7) is 10.3. The number of hydrogen-bond acceptors (Lipinski definition) is 7. The van der Waals surface area contributed by atoms with E-state index in [-0.39, 0.29) is 5.91 Å². The first kappa shape index (κ1) is 30.6. The van der Waals surface area contributed by atoms with Crippen LogP contribution in [0, 0.1) is 0 Å². The Balaban J connectivity index is 0.000000463. The molecule has 43 heavy (non-hydrogen) atoms. The van der Waals surface area contributed by atoms with Crippen molar-refractivity contribution < 1.29 is 23.8 Å². The van der Waals surface area contributed by atoms with E-state index >= 15 is 0 Å². The van der Waals surface area contributed by atoms with Crippen LogP contribution in [0.25, 0.3) is 0 Å². The lowest BCUT2D eigenvalue weighted by Gasteiger charge is -2.26. The number of ether oxygens (including phenoxy) is 3. The number of nitrogens with zero attached hydrogens (tertiary/aromatic N) is 2. The number of rotatable bonds is 8. The molecule has 0 bridgehead atoms. The molecule has 1 N–H and O–H groups in total. The van der Waals surface area contributed by atoms with Gasteiger partial charge in [-0.1, -0.05) is 18.2 Å². The van der Waals surface area contributed by atoms with Crippen molar-refractivity contribution in [1.82, 2.24) is 10.2 Å². The van der Waals surface area contributed by atoms with Crippen molar-refractivity contribution >= 4 is 17.5 Å². The Hall–Kier alpha value is -3.88. The van der Waals surface area contributed by atoms with E-state index in [4.69, 9.17) is 14.2 Å². The lowest BCUT2D eigenvalue weighted by molar-refractivity contribution is 0.0926. The van der Waals surface area contributed by atoms with Crippen molar-refractivity contribution in [3.8, 4) is 23.0 Å². The highest BCUT2D eigenvalue weighted by molar-refractivity contribution is 6.34. The highest BCUT2D eigenvalue weighted by Gasteiger charge is 2.37. The molecule has 0 spiro atoms. The zero-order valence-corrected chi connectivity index (χ0v) is 25.8. The number of hydrogen-bond donors (Lipinski definition) is 1. The van der Waals surface area contributed by atoms with Gasteiger partial charge in [0.25, 0.3) is 11.8 Å². The van der Waals surface area contributed by atoms with Gasteiger partial charge in [-0.3, -0.25) is 14.5 Å². The molecule has 6 rings (SSSR count). The largest absolute Gasteiger partial charge is 0.493 e. The number of imide groups is 1. The highest BCUT2D eigenvalue weighted by Crippen LogP contribution is 2.37. The van der Waals surface area contributed by atoms with Crippen LogP contribution >= 0.6 is 0 Å². The van der Waals surface area contributed by atoms with Gasteiger partial charge >= 0.3 is 0 Å². The monoisotopic (exact) mass is 585 g/mol. The van der Waals surface area contributed by atoms with Gasteiger partial charge in [0, 0.05) is 36.8 Å². The molecule has 8 nitrogen and oxygen atoms in total. The van der Waals surface area contributed by atoms with Gasteiger partial charge in [0.15, 0.2) is 11.5 Å². The Morgan fingerprint density at radius 2 is 1.42 bits per heavy atom. The molecule has 2 amide bonds. The number of fused-ring (bicyclic) bond motifs is 1. The molecule has 0 aliphatic carbocycles. The van der Waals surface area contributed by atoms with Crippen LogP contribution in [-0.2, 0) is 0 Å². The van der Waals surface area contributed by atoms with Gasteiger partial charge in [-0.05, 0) is 95.8 Å². The molecular formula is C35H43N3O5. The molecule has 228 valence electrons. The Kier molecular flexibility index (Phi) is 9.68. The second kappa shape index (κ2) is 13.6. The minimum absolute atomic E-state index is 0.307. The molecule has 3 aromatic rings. The lowest BCUT2D eigenvalue weighted by atomic mass is 10.1. The topological polar surface area (TPSA) is 80.3 Å². The number of methoxy groups -OCH3 is 1. The first-order chi connectivity index (χ1) is 20.7. The summed E-state index contributed by atoms with van der Waals surface area (Å²) < 4.78 is 17.4. The summed E-state index contributed by atoms with van der Waals surface area (Å²) in [4.78, 5) is 30.0. The maximum Gasteiger partial charge on any atom is 0.266 e. The molecule has 4 unspecified atom stereocenters. The first-order valence-electron chi connectivity index (χ1n) is 15.3. The molecule has 3 aliphatic heterocycles. The third-order valence-corrected chi connectivity index (χ3v) is 8.59. The average molecular weight is 586 g/mol. The number of likely N-dealkylation sites (tertiary alicyclic amines) is 1. The van der Waals surface area contributed by atoms with E-state index < -0.39 is 5.91 Å². The molecule has 3 heterocycles. The van der Waals surface area contributed by atoms with Crippen LogP contribution in [0.3, 0.4) is 0 Å². The van der Waals surface area contributed by atoms with E-state index in [2.05, 4.69) is 37.9 Å². The number of nitrogens with one attached hydrogen (secondary N) is 1. The normalized spacial score (nSPS) is 23.1. The van der Waals surface area contributed by atoms with Gasteiger partial charge < -0.3 is 19.5 Å². The third-order valence-electron chi connectivity index (χ3n) is 8.59. The van der Waals surface area contributed by atoms with Crippen molar-refractivity contribution in [2.75, 3.05) is 25.2 Å². The third kappa shape index (κ3) is 7.03. The maximum absolute atomic E-state index is 13.2. The van der Waals surface area contributed by atoms with Gasteiger partial charge in [-0.15, -0.1) is 0 Å². The second-order valence-electron chi connectivity index (χ2n) is 11.8. The summed E-state index contributed by atoms with van der Waals surface area (Å²) in [6.07, 6.45) is 5.14. The van der Waals surface area contributed by atoms with Gasteiger partial charge in [0.05, 0.1) is 23.9 Å². The van der Waals surface area contributed by atoms with Crippen LogP contribution in [0.4, 0.5) is 5.69 Å². The van der Waals surface area contributed by atoms with Gasteiger partial charge in [-0.2, -0.15) is 0 Å². The number of para-hydroxylation sites is 1. The minimum atomic E-state index is -0.402. The van der Waals surface area contributed by atoms with Crippen LogP contribution in [0.5, 0.6) is 23.0 Å². The van der Waals surface area contributed by atoms with E-state index in [0.29, 0.717) is 58.5 Å². The predicted molar refractivity (Wildman–Crippen MR) is 169 cm³/mol. The molecule has 3 aromatic carbocycles. The summed E-state index contributed by atoms with van der Waals surface area (Å²) in [5.41, 5.74) is 1.08. The van der Waals surface area contributed by atoms with E-state index in [1.54, 1.807) is 43.5 Å². The maximum atomic E-state index is 13.2. The summed E-state index contributed by atoms with van der Waals surface area (Å²) in [5, 5.41) is 3.42. The predicted octanol–water partition coefficient (Wildman–Crippen LogP) is 6.69. The number of benzene rings is 3. The zero-order chi connectivity index (χ0) is 30.5. The Labute approximate surface area is 254 Å². The molecular weight excluding hydrogens is 542 g/mol. The molecule has 3 aliphatic rings. The lowest BCUT2D eigenvalue weighted by Crippen LogP contribution is -2.36. The summed E-state index contributed by atoms with van der Waals surface area (Å²) in [7, 11) is 1.55. The highest BCUT2D eigenvalue weighted by atomic mass is 16.5. The smallest absolute Gasteiger partial charge is 0.266 e. The van der Waals surface area contributed by atoms with Crippen LogP contribution in [0.2, 0.25) is 0 Å². The van der Waals surface area contributed by atoms with E-state index in [9.17, 15) is 9.59 Å². The average Bonchev–Trinajstić information content (AvgIpc) is 3.63. The summed E-state index contributed by atoms with van der Waals surface area (Å²) in [5.74, 6) is 1.41. The van der Waals surface area contributed by atoms with E-state index in [0.717, 1.165) is 23.5 Å². The SMILES string of the molecule is CC1CCC(C)N1.COc1cc(N2C(=O)c3ccc(Oc4ccccc4)cc3C2=O)ccc1OCCN1C(C)CCC1C. The van der Waals surface area contributed by atoms with Gasteiger partial charge in [0.2, 0.25) is 0 Å². The quantitative estimate of drug-likeness (QED) is 0.295. The second-order valence-corrected chi connectivity index (χ2v) is 11.8. The Morgan fingerprint density at radius 3 is 2.05 bits per heavy atom. The fourth-order valence-corrected chi connectivity index (χ4v) is 6.16. The molecule has 4 atom stereocenters. The van der Waals surface area contributed by atoms with Crippen LogP contribution in [0.1, 0.15) is 74.1 Å².